The lowest BCUT2D eigenvalue weighted by atomic mass is 9.75. The quantitative estimate of drug-likeness (QED) is 0.773. The molecule has 23 heavy (non-hydrogen) atoms. The highest BCUT2D eigenvalue weighted by Crippen LogP contribution is 2.37. The van der Waals surface area contributed by atoms with Crippen LogP contribution in [0, 0.1) is 0 Å². The summed E-state index contributed by atoms with van der Waals surface area (Å²) < 4.78 is 0. The lowest BCUT2D eigenvalue weighted by Crippen LogP contribution is -2.26. The third-order valence-electron chi connectivity index (χ3n) is 4.11. The van der Waals surface area contributed by atoms with Gasteiger partial charge >= 0.3 is 0 Å². The van der Waals surface area contributed by atoms with E-state index in [0.29, 0.717) is 11.1 Å². The molecule has 2 heteroatoms. The van der Waals surface area contributed by atoms with Crippen molar-refractivity contribution >= 4 is 17.1 Å². The van der Waals surface area contributed by atoms with Crippen LogP contribution in [-0.4, -0.2) is 11.6 Å². The van der Waals surface area contributed by atoms with Gasteiger partial charge in [-0.2, -0.15) is 0 Å². The van der Waals surface area contributed by atoms with Gasteiger partial charge < -0.3 is 0 Å². The van der Waals surface area contributed by atoms with E-state index >= 15 is 0 Å². The molecule has 1 aliphatic carbocycles. The molecule has 0 saturated carbocycles. The fourth-order valence-corrected chi connectivity index (χ4v) is 3.05. The van der Waals surface area contributed by atoms with E-state index in [1.54, 1.807) is 0 Å². The van der Waals surface area contributed by atoms with E-state index in [-0.39, 0.29) is 11.6 Å². The molecule has 114 valence electrons. The molecule has 0 radical (unpaired) electrons. The molecule has 0 aromatic heterocycles. The van der Waals surface area contributed by atoms with Gasteiger partial charge in [-0.3, -0.25) is 9.59 Å². The number of rotatable bonds is 2. The minimum absolute atomic E-state index is 0.0156. The maximum absolute atomic E-state index is 13.1. The molecule has 2 aromatic carbocycles. The molecule has 0 aliphatic heterocycles. The van der Waals surface area contributed by atoms with Crippen LogP contribution in [0.5, 0.6) is 0 Å². The summed E-state index contributed by atoms with van der Waals surface area (Å²) in [6.45, 7) is 3.77. The van der Waals surface area contributed by atoms with Crippen LogP contribution < -0.4 is 0 Å². The first kappa shape index (κ1) is 15.2. The van der Waals surface area contributed by atoms with Crippen molar-refractivity contribution in [2.45, 2.75) is 19.8 Å². The van der Waals surface area contributed by atoms with Gasteiger partial charge in [-0.05, 0) is 31.1 Å². The molecule has 0 N–H and O–H groups in total. The lowest BCUT2D eigenvalue weighted by molar-refractivity contribution is -0.118. The predicted molar refractivity (Wildman–Crippen MR) is 92.0 cm³/mol. The smallest absolute Gasteiger partial charge is 0.183 e. The second-order valence-electron chi connectivity index (χ2n) is 5.91. The van der Waals surface area contributed by atoms with E-state index in [9.17, 15) is 9.59 Å². The molecular formula is C21H18O2. The number of allylic oxidation sites excluding steroid dienone is 4. The number of carbonyl (C=O) groups is 2. The first-order valence-electron chi connectivity index (χ1n) is 7.67. The van der Waals surface area contributed by atoms with E-state index < -0.39 is 5.92 Å². The minimum Gasteiger partial charge on any atom is -0.293 e. The highest BCUT2D eigenvalue weighted by molar-refractivity contribution is 6.35. The second-order valence-corrected chi connectivity index (χ2v) is 5.91. The molecule has 2 aromatic rings. The molecular weight excluding hydrogens is 284 g/mol. The maximum Gasteiger partial charge on any atom is 0.183 e. The van der Waals surface area contributed by atoms with Crippen molar-refractivity contribution in [1.82, 2.24) is 0 Å². The Balaban J connectivity index is 2.18. The summed E-state index contributed by atoms with van der Waals surface area (Å²) in [7, 11) is 0. The van der Waals surface area contributed by atoms with Gasteiger partial charge in [0.25, 0.3) is 0 Å². The second kappa shape index (κ2) is 6.17. The standard InChI is InChI=1S/C21H18O2/c1-14(2)19-18(22)13-17(15-9-5-3-6-10-15)21(23)20(19)16-11-7-4-8-12-16/h3-13,20H,1-2H3. The molecule has 0 heterocycles. The van der Waals surface area contributed by atoms with Gasteiger partial charge in [-0.1, -0.05) is 66.2 Å². The monoisotopic (exact) mass is 302 g/mol. The van der Waals surface area contributed by atoms with Gasteiger partial charge in [0.2, 0.25) is 0 Å². The van der Waals surface area contributed by atoms with Gasteiger partial charge in [0.15, 0.2) is 11.6 Å². The van der Waals surface area contributed by atoms with Crippen LogP contribution in [0.25, 0.3) is 5.57 Å². The van der Waals surface area contributed by atoms with Crippen molar-refractivity contribution in [3.05, 3.63) is 89.0 Å². The molecule has 0 saturated heterocycles. The molecule has 1 aliphatic rings. The van der Waals surface area contributed by atoms with Gasteiger partial charge in [-0.25, -0.2) is 0 Å². The number of carbonyl (C=O) groups excluding carboxylic acids is 2. The van der Waals surface area contributed by atoms with Crippen LogP contribution in [0.2, 0.25) is 0 Å². The largest absolute Gasteiger partial charge is 0.293 e. The molecule has 2 nitrogen and oxygen atoms in total. The molecule has 0 spiro atoms. The zero-order valence-electron chi connectivity index (χ0n) is 13.2. The average molecular weight is 302 g/mol. The van der Waals surface area contributed by atoms with Crippen LogP contribution in [-0.2, 0) is 9.59 Å². The molecule has 0 bridgehead atoms. The summed E-state index contributed by atoms with van der Waals surface area (Å²) in [5.74, 6) is -0.607. The summed E-state index contributed by atoms with van der Waals surface area (Å²) in [5.41, 5.74) is 3.64. The van der Waals surface area contributed by atoms with E-state index in [4.69, 9.17) is 0 Å². The Morgan fingerprint density at radius 3 is 1.96 bits per heavy atom. The number of benzene rings is 2. The van der Waals surface area contributed by atoms with Gasteiger partial charge in [-0.15, -0.1) is 0 Å². The summed E-state index contributed by atoms with van der Waals surface area (Å²) in [4.78, 5) is 25.8. The zero-order valence-corrected chi connectivity index (χ0v) is 13.2. The Morgan fingerprint density at radius 2 is 1.39 bits per heavy atom. The number of Topliss-reactive ketones (excluding diaryl/α,β-unsaturated/α-hetero) is 1. The predicted octanol–water partition coefficient (Wildman–Crippen LogP) is 4.34. The first-order valence-corrected chi connectivity index (χ1v) is 7.67. The van der Waals surface area contributed by atoms with Crippen molar-refractivity contribution < 1.29 is 9.59 Å². The Morgan fingerprint density at radius 1 is 0.826 bits per heavy atom. The Hall–Kier alpha value is -2.74. The third kappa shape index (κ3) is 2.80. The normalized spacial score (nSPS) is 17.9. The number of hydrogen-bond acceptors (Lipinski definition) is 2. The molecule has 3 rings (SSSR count). The Labute approximate surface area is 136 Å². The third-order valence-corrected chi connectivity index (χ3v) is 4.11. The van der Waals surface area contributed by atoms with Crippen molar-refractivity contribution in [3.8, 4) is 0 Å². The Bertz CT molecular complexity index is 807. The lowest BCUT2D eigenvalue weighted by Gasteiger charge is -2.25. The molecule has 0 amide bonds. The van der Waals surface area contributed by atoms with E-state index in [1.807, 2.05) is 74.5 Å². The highest BCUT2D eigenvalue weighted by Gasteiger charge is 2.36. The first-order chi connectivity index (χ1) is 11.1. The average Bonchev–Trinajstić information content (AvgIpc) is 2.57. The summed E-state index contributed by atoms with van der Waals surface area (Å²) in [6, 6.07) is 18.9. The van der Waals surface area contributed by atoms with Gasteiger partial charge in [0, 0.05) is 11.1 Å². The van der Waals surface area contributed by atoms with E-state index in [0.717, 1.165) is 16.7 Å². The molecule has 1 unspecified atom stereocenters. The van der Waals surface area contributed by atoms with Crippen LogP contribution >= 0.6 is 0 Å². The SMILES string of the molecule is CC(C)=C1C(=O)C=C(c2ccccc2)C(=O)C1c1ccccc1. The minimum atomic E-state index is -0.520. The van der Waals surface area contributed by atoms with Crippen LogP contribution in [0.3, 0.4) is 0 Å². The summed E-state index contributed by atoms with van der Waals surface area (Å²) in [6.07, 6.45) is 1.49. The fourth-order valence-electron chi connectivity index (χ4n) is 3.05. The Kier molecular flexibility index (Phi) is 4.07. The van der Waals surface area contributed by atoms with Crippen molar-refractivity contribution in [2.24, 2.45) is 0 Å². The number of hydrogen-bond donors (Lipinski definition) is 0. The van der Waals surface area contributed by atoms with Crippen LogP contribution in [0.1, 0.15) is 30.9 Å². The molecule has 1 atom stereocenters. The number of ketones is 2. The van der Waals surface area contributed by atoms with E-state index in [1.165, 1.54) is 6.08 Å². The summed E-state index contributed by atoms with van der Waals surface area (Å²) in [5, 5.41) is 0. The summed E-state index contributed by atoms with van der Waals surface area (Å²) >= 11 is 0. The van der Waals surface area contributed by atoms with E-state index in [2.05, 4.69) is 0 Å². The van der Waals surface area contributed by atoms with Gasteiger partial charge in [0.1, 0.15) is 0 Å². The fraction of sp³-hybridized carbons (Fsp3) is 0.143. The van der Waals surface area contributed by atoms with Crippen molar-refractivity contribution in [3.63, 3.8) is 0 Å². The molecule has 0 fully saturated rings. The van der Waals surface area contributed by atoms with Crippen LogP contribution in [0.4, 0.5) is 0 Å². The zero-order chi connectivity index (χ0) is 16.4. The highest BCUT2D eigenvalue weighted by atomic mass is 16.1. The van der Waals surface area contributed by atoms with Gasteiger partial charge in [0.05, 0.1) is 5.92 Å². The van der Waals surface area contributed by atoms with Crippen molar-refractivity contribution in [2.75, 3.05) is 0 Å². The topological polar surface area (TPSA) is 34.1 Å². The van der Waals surface area contributed by atoms with Crippen molar-refractivity contribution in [1.29, 1.82) is 0 Å². The maximum atomic E-state index is 13.1. The van der Waals surface area contributed by atoms with Crippen LogP contribution in [0.15, 0.2) is 77.9 Å².